The number of rotatable bonds is 8. The number of likely N-dealkylation sites (tertiary alicyclic amines) is 2. The van der Waals surface area contributed by atoms with Gasteiger partial charge in [0.2, 0.25) is 0 Å². The lowest BCUT2D eigenvalue weighted by Crippen LogP contribution is -2.63. The summed E-state index contributed by atoms with van der Waals surface area (Å²) in [5.74, 6) is 0.149. The molecule has 3 aliphatic heterocycles. The molecule has 0 radical (unpaired) electrons. The van der Waals surface area contributed by atoms with Crippen LogP contribution in [-0.4, -0.2) is 80.0 Å². The van der Waals surface area contributed by atoms with Crippen molar-refractivity contribution >= 4 is 6.09 Å². The van der Waals surface area contributed by atoms with Gasteiger partial charge in [-0.05, 0) is 88.3 Å². The number of alkyl halides is 1. The molecule has 0 aromatic heterocycles. The van der Waals surface area contributed by atoms with Crippen molar-refractivity contribution < 1.29 is 18.3 Å². The van der Waals surface area contributed by atoms with Crippen molar-refractivity contribution in [1.82, 2.24) is 15.1 Å². The van der Waals surface area contributed by atoms with Crippen molar-refractivity contribution in [2.24, 2.45) is 17.6 Å². The summed E-state index contributed by atoms with van der Waals surface area (Å²) in [4.78, 5) is 16.5. The SMILES string of the molecule is NC(=O)O[C@H]1CCC[C@@H]1[C@](CN1CCC1)(c1cccc(F)c1)C1CCN(CC2(F)CNC2)CC1. The molecule has 3 N–H and O–H groups in total. The minimum atomic E-state index is -1.12. The Hall–Kier alpha value is -1.77. The fourth-order valence-corrected chi connectivity index (χ4v) is 7.10. The highest BCUT2D eigenvalue weighted by Crippen LogP contribution is 2.52. The topological polar surface area (TPSA) is 70.8 Å². The Morgan fingerprint density at radius 3 is 2.47 bits per heavy atom. The zero-order valence-electron chi connectivity index (χ0n) is 20.0. The zero-order valence-corrected chi connectivity index (χ0v) is 20.0. The number of benzene rings is 1. The molecule has 1 amide bonds. The summed E-state index contributed by atoms with van der Waals surface area (Å²) in [6, 6.07) is 7.06. The number of hydrogen-bond acceptors (Lipinski definition) is 5. The summed E-state index contributed by atoms with van der Waals surface area (Å²) in [5, 5.41) is 3.05. The second kappa shape index (κ2) is 9.70. The minimum absolute atomic E-state index is 0.0855. The summed E-state index contributed by atoms with van der Waals surface area (Å²) >= 11 is 0. The fraction of sp³-hybridized carbons (Fsp3) is 0.731. The number of amides is 1. The molecule has 1 aromatic carbocycles. The van der Waals surface area contributed by atoms with Gasteiger partial charge in [0.1, 0.15) is 17.6 Å². The molecule has 3 heterocycles. The average molecular weight is 477 g/mol. The molecule has 0 bridgehead atoms. The van der Waals surface area contributed by atoms with E-state index in [1.165, 1.54) is 12.5 Å². The van der Waals surface area contributed by atoms with Crippen LogP contribution in [0.25, 0.3) is 0 Å². The van der Waals surface area contributed by atoms with Gasteiger partial charge in [-0.15, -0.1) is 0 Å². The number of carbonyl (C=O) groups is 1. The van der Waals surface area contributed by atoms with Gasteiger partial charge in [0.25, 0.3) is 0 Å². The third-order valence-corrected chi connectivity index (χ3v) is 8.88. The second-order valence-corrected chi connectivity index (χ2v) is 11.0. The lowest BCUT2D eigenvalue weighted by Gasteiger charge is -2.53. The van der Waals surface area contributed by atoms with Crippen LogP contribution in [0.4, 0.5) is 13.6 Å². The highest BCUT2D eigenvalue weighted by atomic mass is 19.1. The van der Waals surface area contributed by atoms with E-state index in [4.69, 9.17) is 10.5 Å². The van der Waals surface area contributed by atoms with Crippen molar-refractivity contribution in [1.29, 1.82) is 0 Å². The van der Waals surface area contributed by atoms with E-state index in [-0.39, 0.29) is 23.3 Å². The molecule has 0 spiro atoms. The Morgan fingerprint density at radius 1 is 1.12 bits per heavy atom. The highest BCUT2D eigenvalue weighted by molar-refractivity contribution is 5.65. The Bertz CT molecular complexity index is 870. The molecule has 188 valence electrons. The molecule has 3 atom stereocenters. The van der Waals surface area contributed by atoms with Crippen molar-refractivity contribution in [2.45, 2.75) is 55.7 Å². The molecular weight excluding hydrogens is 438 g/mol. The molecule has 6 nitrogen and oxygen atoms in total. The molecule has 1 aromatic rings. The van der Waals surface area contributed by atoms with Crippen LogP contribution in [0.2, 0.25) is 0 Å². The van der Waals surface area contributed by atoms with Gasteiger partial charge in [-0.2, -0.15) is 0 Å². The van der Waals surface area contributed by atoms with Crippen molar-refractivity contribution in [3.05, 3.63) is 35.6 Å². The van der Waals surface area contributed by atoms with E-state index in [0.29, 0.717) is 25.6 Å². The van der Waals surface area contributed by atoms with Crippen molar-refractivity contribution in [3.8, 4) is 0 Å². The first-order valence-electron chi connectivity index (χ1n) is 12.9. The molecule has 0 unspecified atom stereocenters. The van der Waals surface area contributed by atoms with E-state index >= 15 is 0 Å². The fourth-order valence-electron chi connectivity index (χ4n) is 7.10. The van der Waals surface area contributed by atoms with Crippen molar-refractivity contribution in [2.75, 3.05) is 52.4 Å². The first kappa shape index (κ1) is 23.9. The van der Waals surface area contributed by atoms with E-state index in [0.717, 1.165) is 70.4 Å². The Kier molecular flexibility index (Phi) is 6.84. The number of nitrogens with two attached hydrogens (primary N) is 1. The van der Waals surface area contributed by atoms with Gasteiger partial charge in [0, 0.05) is 37.5 Å². The normalized spacial score (nSPS) is 29.7. The standard InChI is InChI=1S/C26H38F2N4O2/c27-21-5-1-4-20(14-21)26(18-31-10-3-11-31,22-6-2-7-23(22)34-24(29)33)19-8-12-32(13-9-19)17-25(28)15-30-16-25/h1,4-5,14,19,22-23,30H,2-3,6-13,15-18H2,(H2,29,33)/t22-,23-,26-/m0/s1. The number of ether oxygens (including phenoxy) is 1. The first-order valence-corrected chi connectivity index (χ1v) is 12.9. The molecule has 5 rings (SSSR count). The Morgan fingerprint density at radius 2 is 1.88 bits per heavy atom. The van der Waals surface area contributed by atoms with Crippen LogP contribution in [-0.2, 0) is 10.2 Å². The van der Waals surface area contributed by atoms with Crippen molar-refractivity contribution in [3.63, 3.8) is 0 Å². The maximum atomic E-state index is 14.8. The van der Waals surface area contributed by atoms with Crippen LogP contribution in [0.5, 0.6) is 0 Å². The van der Waals surface area contributed by atoms with Gasteiger partial charge in [0.15, 0.2) is 0 Å². The predicted octanol–water partition coefficient (Wildman–Crippen LogP) is 3.06. The molecule has 4 fully saturated rings. The zero-order chi connectivity index (χ0) is 23.8. The summed E-state index contributed by atoms with van der Waals surface area (Å²) in [6.45, 7) is 5.93. The number of hydrogen-bond donors (Lipinski definition) is 2. The maximum absolute atomic E-state index is 14.8. The summed E-state index contributed by atoms with van der Waals surface area (Å²) < 4.78 is 35.0. The number of nitrogens with one attached hydrogen (secondary N) is 1. The first-order chi connectivity index (χ1) is 16.4. The molecule has 34 heavy (non-hydrogen) atoms. The number of nitrogens with zero attached hydrogens (tertiary/aromatic N) is 2. The largest absolute Gasteiger partial charge is 0.446 e. The van der Waals surface area contributed by atoms with Crippen LogP contribution >= 0.6 is 0 Å². The summed E-state index contributed by atoms with van der Waals surface area (Å²) in [7, 11) is 0. The average Bonchev–Trinajstić information content (AvgIpc) is 3.21. The minimum Gasteiger partial charge on any atom is -0.446 e. The molecular formula is C26H38F2N4O2. The maximum Gasteiger partial charge on any atom is 0.404 e. The van der Waals surface area contributed by atoms with Gasteiger partial charge < -0.3 is 25.6 Å². The Labute approximate surface area is 201 Å². The second-order valence-electron chi connectivity index (χ2n) is 11.0. The molecule has 8 heteroatoms. The molecule has 1 aliphatic carbocycles. The number of piperidine rings is 1. The highest BCUT2D eigenvalue weighted by Gasteiger charge is 2.54. The van der Waals surface area contributed by atoms with Crippen LogP contribution in [0.15, 0.2) is 24.3 Å². The monoisotopic (exact) mass is 476 g/mol. The predicted molar refractivity (Wildman–Crippen MR) is 127 cm³/mol. The van der Waals surface area contributed by atoms with E-state index in [1.54, 1.807) is 12.1 Å². The van der Waals surface area contributed by atoms with Crippen LogP contribution in [0, 0.1) is 17.7 Å². The molecule has 3 saturated heterocycles. The van der Waals surface area contributed by atoms with Crippen LogP contribution in [0.1, 0.15) is 44.1 Å². The van der Waals surface area contributed by atoms with E-state index < -0.39 is 11.8 Å². The quantitative estimate of drug-likeness (QED) is 0.604. The van der Waals surface area contributed by atoms with Gasteiger partial charge >= 0.3 is 6.09 Å². The Balaban J connectivity index is 1.47. The van der Waals surface area contributed by atoms with E-state index in [1.807, 2.05) is 0 Å². The van der Waals surface area contributed by atoms with Crippen LogP contribution < -0.4 is 11.1 Å². The van der Waals surface area contributed by atoms with Gasteiger partial charge in [0.05, 0.1) is 0 Å². The molecule has 1 saturated carbocycles. The third-order valence-electron chi connectivity index (χ3n) is 8.88. The third kappa shape index (κ3) is 4.69. The van der Waals surface area contributed by atoms with E-state index in [9.17, 15) is 13.6 Å². The lowest BCUT2D eigenvalue weighted by molar-refractivity contribution is -0.0231. The number of halogens is 2. The lowest BCUT2D eigenvalue weighted by atomic mass is 9.58. The summed E-state index contributed by atoms with van der Waals surface area (Å²) in [5.41, 5.74) is 5.03. The number of carbonyl (C=O) groups excluding carboxylic acids is 1. The van der Waals surface area contributed by atoms with Crippen LogP contribution in [0.3, 0.4) is 0 Å². The summed E-state index contributed by atoms with van der Waals surface area (Å²) in [6.07, 6.45) is 4.73. The van der Waals surface area contributed by atoms with Gasteiger partial charge in [-0.1, -0.05) is 12.1 Å². The smallest absolute Gasteiger partial charge is 0.404 e. The van der Waals surface area contributed by atoms with E-state index in [2.05, 4.69) is 21.2 Å². The number of primary amides is 1. The van der Waals surface area contributed by atoms with Gasteiger partial charge in [-0.25, -0.2) is 13.6 Å². The van der Waals surface area contributed by atoms with Gasteiger partial charge in [-0.3, -0.25) is 0 Å². The molecule has 4 aliphatic rings.